The standard InChI is InChI=1S/C30H35FN6O7/c1-36(2)18-11-17(35-29(33)34-14-7-5-13(31)6-8-14)23(38)20-15(18)9-12-10-16-22(37(3)4)25(40)21(28(32)43)27(42)30(16,44)26(41)19(12)24(20)39/h5-8,11-12,16,21-22,25,38-40,44H,9-10H2,1-4H3,(H2,32,43)(H3,33,34,35)/t12-,16-,21?,22-,25?,30-/m1/s1. The molecule has 0 radical (unpaired) electrons. The topological polar surface area (TPSA) is 215 Å². The van der Waals surface area contributed by atoms with Crippen LogP contribution >= 0.6 is 0 Å². The molecule has 3 aliphatic rings. The summed E-state index contributed by atoms with van der Waals surface area (Å²) in [5.41, 5.74) is 9.72. The maximum atomic E-state index is 14.1. The van der Waals surface area contributed by atoms with Gasteiger partial charge in [-0.05, 0) is 68.8 Å². The third kappa shape index (κ3) is 4.66. The van der Waals surface area contributed by atoms with Gasteiger partial charge in [-0.3, -0.25) is 14.4 Å². The zero-order valence-electron chi connectivity index (χ0n) is 24.6. The van der Waals surface area contributed by atoms with E-state index in [1.165, 1.54) is 29.2 Å². The van der Waals surface area contributed by atoms with Crippen LogP contribution in [0.25, 0.3) is 5.76 Å². The van der Waals surface area contributed by atoms with Gasteiger partial charge in [0, 0.05) is 43.0 Å². The molecular formula is C30H35FN6O7. The highest BCUT2D eigenvalue weighted by Crippen LogP contribution is 2.54. The first-order valence-corrected chi connectivity index (χ1v) is 13.9. The summed E-state index contributed by atoms with van der Waals surface area (Å²) in [5, 5.41) is 48.6. The molecule has 2 aromatic rings. The number of guanidine groups is 1. The van der Waals surface area contributed by atoms with Crippen molar-refractivity contribution in [1.82, 2.24) is 4.90 Å². The lowest BCUT2D eigenvalue weighted by Gasteiger charge is -2.53. The van der Waals surface area contributed by atoms with Crippen LogP contribution in [0, 0.1) is 23.6 Å². The van der Waals surface area contributed by atoms with E-state index in [0.29, 0.717) is 16.9 Å². The summed E-state index contributed by atoms with van der Waals surface area (Å²) in [5.74, 6) is -8.98. The number of hydrogen-bond acceptors (Lipinski definition) is 10. The number of Topliss-reactive ketones (excluding diaryl/α,β-unsaturated/α-hetero) is 2. The van der Waals surface area contributed by atoms with Gasteiger partial charge in [0.15, 0.2) is 23.1 Å². The fraction of sp³-hybridized carbons (Fsp3) is 0.400. The van der Waals surface area contributed by atoms with E-state index in [4.69, 9.17) is 11.5 Å². The number of carbonyl (C=O) groups excluding carboxylic acids is 3. The van der Waals surface area contributed by atoms with Crippen LogP contribution in [0.3, 0.4) is 0 Å². The number of hydrogen-bond donors (Lipinski definition) is 7. The van der Waals surface area contributed by atoms with Crippen molar-refractivity contribution in [2.24, 2.45) is 34.2 Å². The SMILES string of the molecule is CN(C)c1cc(N=C(N)Nc2ccc(F)cc2)c(O)c2c1C[C@@H]1C[C@@H]3[C@@H](N(C)C)C(O)C(C(N)=O)C(=O)[C@]3(O)C(=O)C1=C2O. The monoisotopic (exact) mass is 610 g/mol. The van der Waals surface area contributed by atoms with Crippen LogP contribution in [0.1, 0.15) is 17.5 Å². The van der Waals surface area contributed by atoms with E-state index in [0.717, 1.165) is 0 Å². The largest absolute Gasteiger partial charge is 0.507 e. The lowest BCUT2D eigenvalue weighted by molar-refractivity contribution is -0.184. The van der Waals surface area contributed by atoms with Crippen LogP contribution < -0.4 is 21.7 Å². The van der Waals surface area contributed by atoms with Crippen molar-refractivity contribution in [3.05, 3.63) is 52.8 Å². The van der Waals surface area contributed by atoms with E-state index in [9.17, 15) is 39.2 Å². The normalized spacial score (nSPS) is 28.4. The van der Waals surface area contributed by atoms with Crippen molar-refractivity contribution in [3.8, 4) is 5.75 Å². The maximum absolute atomic E-state index is 14.1. The fourth-order valence-corrected chi connectivity index (χ4v) is 6.96. The number of aliphatic imine (C=N–C) groups is 1. The number of nitrogens with one attached hydrogen (secondary N) is 1. The Labute approximate surface area is 252 Å². The molecule has 2 saturated carbocycles. The summed E-state index contributed by atoms with van der Waals surface area (Å²) in [7, 11) is 6.66. The highest BCUT2D eigenvalue weighted by atomic mass is 19.1. The molecule has 234 valence electrons. The van der Waals surface area contributed by atoms with Gasteiger partial charge in [0.05, 0.1) is 11.7 Å². The predicted molar refractivity (Wildman–Crippen MR) is 160 cm³/mol. The quantitative estimate of drug-likeness (QED) is 0.140. The van der Waals surface area contributed by atoms with Crippen molar-refractivity contribution >= 4 is 46.3 Å². The number of nitrogens with two attached hydrogens (primary N) is 2. The number of rotatable bonds is 5. The van der Waals surface area contributed by atoms with Gasteiger partial charge < -0.3 is 47.0 Å². The van der Waals surface area contributed by atoms with Crippen molar-refractivity contribution < 1.29 is 39.2 Å². The summed E-state index contributed by atoms with van der Waals surface area (Å²) >= 11 is 0. The van der Waals surface area contributed by atoms with Crippen LogP contribution in [0.2, 0.25) is 0 Å². The number of ketones is 2. The molecule has 2 aromatic carbocycles. The molecular weight excluding hydrogens is 575 g/mol. The summed E-state index contributed by atoms with van der Waals surface area (Å²) in [6, 6.07) is 5.89. The number of likely N-dealkylation sites (N-methyl/N-ethyl adjacent to an activating group) is 1. The number of aliphatic hydroxyl groups excluding tert-OH is 2. The number of fused-ring (bicyclic) bond motifs is 3. The third-order valence-corrected chi connectivity index (χ3v) is 8.88. The minimum Gasteiger partial charge on any atom is -0.507 e. The van der Waals surface area contributed by atoms with Gasteiger partial charge in [0.25, 0.3) is 0 Å². The molecule has 2 unspecified atom stereocenters. The summed E-state index contributed by atoms with van der Waals surface area (Å²) in [6.45, 7) is 0. The number of nitrogens with zero attached hydrogens (tertiary/aromatic N) is 3. The Bertz CT molecular complexity index is 1620. The molecule has 5 rings (SSSR count). The van der Waals surface area contributed by atoms with E-state index in [1.807, 2.05) is 0 Å². The Hall–Kier alpha value is -4.53. The first-order valence-electron chi connectivity index (χ1n) is 13.9. The maximum Gasteiger partial charge on any atom is 0.230 e. The summed E-state index contributed by atoms with van der Waals surface area (Å²) in [4.78, 5) is 47.4. The fourth-order valence-electron chi connectivity index (χ4n) is 6.96. The number of anilines is 2. The lowest BCUT2D eigenvalue weighted by atomic mass is 9.54. The van der Waals surface area contributed by atoms with Gasteiger partial charge in [0.2, 0.25) is 11.7 Å². The first kappa shape index (κ1) is 30.9. The molecule has 0 heterocycles. The molecule has 3 aliphatic carbocycles. The van der Waals surface area contributed by atoms with Crippen molar-refractivity contribution in [1.29, 1.82) is 0 Å². The van der Waals surface area contributed by atoms with Gasteiger partial charge in [0.1, 0.15) is 23.2 Å². The van der Waals surface area contributed by atoms with Crippen LogP contribution in [0.4, 0.5) is 21.5 Å². The van der Waals surface area contributed by atoms with E-state index in [-0.39, 0.29) is 35.6 Å². The molecule has 14 heteroatoms. The molecule has 13 nitrogen and oxygen atoms in total. The van der Waals surface area contributed by atoms with E-state index in [1.54, 1.807) is 39.2 Å². The molecule has 9 N–H and O–H groups in total. The van der Waals surface area contributed by atoms with Crippen LogP contribution in [-0.2, 0) is 20.8 Å². The number of carbonyl (C=O) groups is 3. The number of aromatic hydroxyl groups is 1. The highest BCUT2D eigenvalue weighted by Gasteiger charge is 2.67. The average Bonchev–Trinajstić information content (AvgIpc) is 2.93. The highest BCUT2D eigenvalue weighted by molar-refractivity contribution is 6.25. The van der Waals surface area contributed by atoms with Gasteiger partial charge in [-0.1, -0.05) is 0 Å². The van der Waals surface area contributed by atoms with E-state index in [2.05, 4.69) is 10.3 Å². The minimum absolute atomic E-state index is 0.000272. The lowest BCUT2D eigenvalue weighted by Crippen LogP contribution is -2.73. The van der Waals surface area contributed by atoms with Crippen LogP contribution in [0.5, 0.6) is 5.75 Å². The van der Waals surface area contributed by atoms with E-state index >= 15 is 0 Å². The molecule has 1 amide bonds. The number of amides is 1. The van der Waals surface area contributed by atoms with E-state index < -0.39 is 70.3 Å². The number of primary amides is 1. The van der Waals surface area contributed by atoms with Gasteiger partial charge in [-0.15, -0.1) is 0 Å². The minimum atomic E-state index is -2.76. The molecule has 0 aromatic heterocycles. The molecule has 0 bridgehead atoms. The third-order valence-electron chi connectivity index (χ3n) is 8.88. The number of aliphatic hydroxyl groups is 3. The Morgan fingerprint density at radius 1 is 1.11 bits per heavy atom. The van der Waals surface area contributed by atoms with Gasteiger partial charge in [-0.2, -0.15) is 0 Å². The number of phenolic OH excluding ortho intramolecular Hbond substituents is 1. The van der Waals surface area contributed by atoms with Crippen LogP contribution in [0.15, 0.2) is 40.9 Å². The molecule has 0 aliphatic heterocycles. The Balaban J connectivity index is 1.65. The Morgan fingerprint density at radius 3 is 2.32 bits per heavy atom. The second-order valence-corrected chi connectivity index (χ2v) is 11.9. The van der Waals surface area contributed by atoms with Gasteiger partial charge >= 0.3 is 0 Å². The average molecular weight is 611 g/mol. The Morgan fingerprint density at radius 2 is 1.75 bits per heavy atom. The Kier molecular flexibility index (Phi) is 7.64. The van der Waals surface area contributed by atoms with Crippen molar-refractivity contribution in [3.63, 3.8) is 0 Å². The second-order valence-electron chi connectivity index (χ2n) is 11.9. The zero-order valence-corrected chi connectivity index (χ0v) is 24.6. The second kappa shape index (κ2) is 10.9. The van der Waals surface area contributed by atoms with Crippen LogP contribution in [-0.4, -0.2) is 94.7 Å². The zero-order chi connectivity index (χ0) is 32.4. The smallest absolute Gasteiger partial charge is 0.230 e. The summed E-state index contributed by atoms with van der Waals surface area (Å²) < 4.78 is 13.3. The first-order chi connectivity index (χ1) is 20.6. The molecule has 0 spiro atoms. The van der Waals surface area contributed by atoms with Crippen molar-refractivity contribution in [2.75, 3.05) is 38.4 Å². The number of phenols is 1. The summed E-state index contributed by atoms with van der Waals surface area (Å²) in [6.07, 6.45) is -1.44. The molecule has 44 heavy (non-hydrogen) atoms. The number of benzene rings is 2. The number of halogens is 1. The molecule has 0 saturated heterocycles. The van der Waals surface area contributed by atoms with Gasteiger partial charge in [-0.25, -0.2) is 9.38 Å². The molecule has 6 atom stereocenters. The molecule has 2 fully saturated rings. The van der Waals surface area contributed by atoms with Crippen molar-refractivity contribution in [2.45, 2.75) is 30.6 Å². The predicted octanol–water partition coefficient (Wildman–Crippen LogP) is 0.392.